The van der Waals surface area contributed by atoms with E-state index in [1.807, 2.05) is 18.2 Å². The molecule has 3 rings (SSSR count). The summed E-state index contributed by atoms with van der Waals surface area (Å²) in [6.07, 6.45) is -1.76. The van der Waals surface area contributed by atoms with Crippen molar-refractivity contribution in [2.45, 2.75) is 25.4 Å². The summed E-state index contributed by atoms with van der Waals surface area (Å²) in [4.78, 5) is 17.2. The third kappa shape index (κ3) is 3.92. The molecule has 0 unspecified atom stereocenters. The second kappa shape index (κ2) is 6.74. The average molecular weight is 349 g/mol. The maximum atomic E-state index is 12.5. The molecule has 0 radical (unpaired) electrons. The highest BCUT2D eigenvalue weighted by Crippen LogP contribution is 2.30. The van der Waals surface area contributed by atoms with Crippen LogP contribution in [0.5, 0.6) is 0 Å². The Kier molecular flexibility index (Phi) is 4.65. The van der Waals surface area contributed by atoms with E-state index in [-0.39, 0.29) is 5.91 Å². The summed E-state index contributed by atoms with van der Waals surface area (Å²) in [6.45, 7) is 0.561. The van der Waals surface area contributed by atoms with Crippen LogP contribution in [-0.4, -0.2) is 24.5 Å². The largest absolute Gasteiger partial charge is 0.417 e. The van der Waals surface area contributed by atoms with E-state index in [4.69, 9.17) is 0 Å². The highest BCUT2D eigenvalue weighted by Gasteiger charge is 2.30. The average Bonchev–Trinajstić information content (AvgIpc) is 2.58. The summed E-state index contributed by atoms with van der Waals surface area (Å²) in [7, 11) is 1.77. The van der Waals surface area contributed by atoms with Crippen LogP contribution in [0.3, 0.4) is 0 Å². The van der Waals surface area contributed by atoms with Gasteiger partial charge in [0.05, 0.1) is 5.56 Å². The van der Waals surface area contributed by atoms with E-state index in [9.17, 15) is 18.0 Å². The lowest BCUT2D eigenvalue weighted by Crippen LogP contribution is -2.31. The number of aromatic nitrogens is 1. The zero-order valence-corrected chi connectivity index (χ0v) is 13.7. The number of nitrogens with one attached hydrogen (secondary N) is 1. The van der Waals surface area contributed by atoms with Crippen LogP contribution in [0.4, 0.5) is 24.5 Å². The van der Waals surface area contributed by atoms with Crippen LogP contribution in [0.15, 0.2) is 36.5 Å². The molecule has 1 aliphatic rings. The minimum atomic E-state index is -4.36. The van der Waals surface area contributed by atoms with Crippen LogP contribution < -0.4 is 10.2 Å². The first-order chi connectivity index (χ1) is 11.8. The summed E-state index contributed by atoms with van der Waals surface area (Å²) >= 11 is 0. The number of anilines is 2. The van der Waals surface area contributed by atoms with Crippen molar-refractivity contribution in [2.75, 3.05) is 23.8 Å². The monoisotopic (exact) mass is 349 g/mol. The molecule has 0 fully saturated rings. The van der Waals surface area contributed by atoms with Gasteiger partial charge in [0.2, 0.25) is 5.91 Å². The molecule has 0 saturated carbocycles. The van der Waals surface area contributed by atoms with Crippen LogP contribution in [-0.2, 0) is 23.8 Å². The first-order valence-corrected chi connectivity index (χ1v) is 8.00. The summed E-state index contributed by atoms with van der Waals surface area (Å²) < 4.78 is 37.5. The molecular formula is C18H18F3N3O. The molecule has 0 bridgehead atoms. The minimum Gasteiger partial charge on any atom is -0.385 e. The smallest absolute Gasteiger partial charge is 0.385 e. The predicted molar refractivity (Wildman–Crippen MR) is 89.6 cm³/mol. The molecule has 2 aromatic rings. The summed E-state index contributed by atoms with van der Waals surface area (Å²) in [5, 5.41) is 3.25. The SMILES string of the molecule is CN1C(=O)CCc2cc(NCCc3ccc(C(F)(F)F)cn3)ccc21. The Labute approximate surface area is 143 Å². The Hall–Kier alpha value is -2.57. The molecule has 0 saturated heterocycles. The lowest BCUT2D eigenvalue weighted by molar-refractivity contribution is -0.137. The lowest BCUT2D eigenvalue weighted by Gasteiger charge is -2.26. The fraction of sp³-hybridized carbons (Fsp3) is 0.333. The number of carbonyl (C=O) groups is 1. The van der Waals surface area contributed by atoms with Crippen molar-refractivity contribution in [3.05, 3.63) is 53.3 Å². The molecule has 1 aliphatic heterocycles. The van der Waals surface area contributed by atoms with Gasteiger partial charge < -0.3 is 10.2 Å². The molecule has 0 spiro atoms. The molecule has 1 amide bonds. The zero-order valence-electron chi connectivity index (χ0n) is 13.7. The molecule has 132 valence electrons. The number of rotatable bonds is 4. The molecule has 1 N–H and O–H groups in total. The summed E-state index contributed by atoms with van der Waals surface area (Å²) in [5.41, 5.74) is 2.82. The van der Waals surface area contributed by atoms with Gasteiger partial charge in [-0.15, -0.1) is 0 Å². The number of aryl methyl sites for hydroxylation is 1. The van der Waals surface area contributed by atoms with Gasteiger partial charge in [-0.25, -0.2) is 0 Å². The van der Waals surface area contributed by atoms with Gasteiger partial charge in [-0.05, 0) is 42.3 Å². The summed E-state index contributed by atoms with van der Waals surface area (Å²) in [6, 6.07) is 8.27. The molecular weight excluding hydrogens is 331 g/mol. The van der Waals surface area contributed by atoms with Crippen molar-refractivity contribution in [1.82, 2.24) is 4.98 Å². The first kappa shape index (κ1) is 17.3. The number of alkyl halides is 3. The Morgan fingerprint density at radius 2 is 2.00 bits per heavy atom. The van der Waals surface area contributed by atoms with Crippen molar-refractivity contribution < 1.29 is 18.0 Å². The Balaban J connectivity index is 1.58. The molecule has 25 heavy (non-hydrogen) atoms. The molecule has 4 nitrogen and oxygen atoms in total. The molecule has 2 heterocycles. The van der Waals surface area contributed by atoms with Gasteiger partial charge in [0, 0.05) is 49.7 Å². The van der Waals surface area contributed by atoms with Gasteiger partial charge >= 0.3 is 6.18 Å². The van der Waals surface area contributed by atoms with E-state index in [2.05, 4.69) is 10.3 Å². The molecule has 0 atom stereocenters. The number of benzene rings is 1. The fourth-order valence-electron chi connectivity index (χ4n) is 2.84. The van der Waals surface area contributed by atoms with E-state index in [1.165, 1.54) is 6.07 Å². The Morgan fingerprint density at radius 1 is 1.20 bits per heavy atom. The van der Waals surface area contributed by atoms with Crippen molar-refractivity contribution in [1.29, 1.82) is 0 Å². The number of fused-ring (bicyclic) bond motifs is 1. The molecule has 0 aliphatic carbocycles. The van der Waals surface area contributed by atoms with E-state index >= 15 is 0 Å². The number of pyridine rings is 1. The van der Waals surface area contributed by atoms with Crippen molar-refractivity contribution in [3.63, 3.8) is 0 Å². The molecule has 1 aromatic carbocycles. The van der Waals surface area contributed by atoms with Crippen LogP contribution in [0.2, 0.25) is 0 Å². The maximum Gasteiger partial charge on any atom is 0.417 e. The van der Waals surface area contributed by atoms with Crippen molar-refractivity contribution >= 4 is 17.3 Å². The second-order valence-corrected chi connectivity index (χ2v) is 6.01. The third-order valence-corrected chi connectivity index (χ3v) is 4.29. The maximum absolute atomic E-state index is 12.5. The molecule has 7 heteroatoms. The van der Waals surface area contributed by atoms with Crippen LogP contribution in [0.1, 0.15) is 23.2 Å². The van der Waals surface area contributed by atoms with Gasteiger partial charge in [-0.2, -0.15) is 13.2 Å². The number of nitrogens with zero attached hydrogens (tertiary/aromatic N) is 2. The van der Waals surface area contributed by atoms with Crippen molar-refractivity contribution in [2.24, 2.45) is 0 Å². The van der Waals surface area contributed by atoms with Gasteiger partial charge in [0.25, 0.3) is 0 Å². The van der Waals surface area contributed by atoms with Gasteiger partial charge in [0.1, 0.15) is 0 Å². The van der Waals surface area contributed by atoms with Crippen molar-refractivity contribution in [3.8, 4) is 0 Å². The topological polar surface area (TPSA) is 45.2 Å². The Morgan fingerprint density at radius 3 is 2.68 bits per heavy atom. The van der Waals surface area contributed by atoms with E-state index in [0.29, 0.717) is 31.5 Å². The van der Waals surface area contributed by atoms with Crippen LogP contribution in [0.25, 0.3) is 0 Å². The zero-order chi connectivity index (χ0) is 18.0. The van der Waals surface area contributed by atoms with E-state index in [1.54, 1.807) is 11.9 Å². The predicted octanol–water partition coefficient (Wildman–Crippen LogP) is 3.66. The van der Waals surface area contributed by atoms with Crippen LogP contribution in [0, 0.1) is 0 Å². The molecule has 1 aromatic heterocycles. The van der Waals surface area contributed by atoms with Gasteiger partial charge in [0.15, 0.2) is 0 Å². The third-order valence-electron chi connectivity index (χ3n) is 4.29. The van der Waals surface area contributed by atoms with Gasteiger partial charge in [-0.3, -0.25) is 9.78 Å². The fourth-order valence-corrected chi connectivity index (χ4v) is 2.84. The first-order valence-electron chi connectivity index (χ1n) is 8.00. The lowest BCUT2D eigenvalue weighted by atomic mass is 10.0. The number of hydrogen-bond donors (Lipinski definition) is 1. The number of halogens is 3. The normalized spacial score (nSPS) is 14.4. The highest BCUT2D eigenvalue weighted by atomic mass is 19.4. The summed E-state index contributed by atoms with van der Waals surface area (Å²) in [5.74, 6) is 0.113. The number of carbonyl (C=O) groups excluding carboxylic acids is 1. The number of amides is 1. The quantitative estimate of drug-likeness (QED) is 0.916. The minimum absolute atomic E-state index is 0.113. The van der Waals surface area contributed by atoms with Crippen LogP contribution >= 0.6 is 0 Å². The Bertz CT molecular complexity index is 772. The van der Waals surface area contributed by atoms with E-state index in [0.717, 1.165) is 29.2 Å². The second-order valence-electron chi connectivity index (χ2n) is 6.01. The highest BCUT2D eigenvalue weighted by molar-refractivity contribution is 5.96. The van der Waals surface area contributed by atoms with E-state index < -0.39 is 11.7 Å². The van der Waals surface area contributed by atoms with Gasteiger partial charge in [-0.1, -0.05) is 0 Å². The standard InChI is InChI=1S/C18H18F3N3O/c1-24-16-6-5-15(10-12(16)2-7-17(24)25)22-9-8-14-4-3-13(11-23-14)18(19,20)21/h3-6,10-11,22H,2,7-9H2,1H3. The number of hydrogen-bond acceptors (Lipinski definition) is 3.